The highest BCUT2D eigenvalue weighted by Crippen LogP contribution is 2.32. The van der Waals surface area contributed by atoms with E-state index in [-0.39, 0.29) is 11.7 Å². The monoisotopic (exact) mass is 439 g/mol. The standard InChI is InChI=1S/C22H26ClN7O/c1-28-8-10-29(11-9-28)17-6-7-19(18(23)12-17)26-21-24-13-15-14-25-22(31)30(20(15)27-21)16-4-2-3-5-16/h6-7,12-14,16H,2-5,8-11H2,1H3,(H,24,26,27). The summed E-state index contributed by atoms with van der Waals surface area (Å²) in [5.41, 5.74) is 2.22. The van der Waals surface area contributed by atoms with E-state index in [1.807, 2.05) is 12.1 Å². The molecule has 3 heterocycles. The van der Waals surface area contributed by atoms with Crippen LogP contribution in [-0.4, -0.2) is 57.6 Å². The summed E-state index contributed by atoms with van der Waals surface area (Å²) in [6.07, 6.45) is 7.46. The van der Waals surface area contributed by atoms with Crippen molar-refractivity contribution in [1.82, 2.24) is 24.4 Å². The molecule has 3 aromatic rings. The first-order valence-electron chi connectivity index (χ1n) is 10.8. The third-order valence-electron chi connectivity index (χ3n) is 6.30. The zero-order chi connectivity index (χ0) is 21.4. The average molecular weight is 440 g/mol. The van der Waals surface area contributed by atoms with Crippen molar-refractivity contribution in [2.45, 2.75) is 31.7 Å². The van der Waals surface area contributed by atoms with E-state index in [9.17, 15) is 4.79 Å². The van der Waals surface area contributed by atoms with Crippen molar-refractivity contribution in [3.05, 3.63) is 46.1 Å². The maximum absolute atomic E-state index is 12.5. The molecule has 1 aliphatic carbocycles. The van der Waals surface area contributed by atoms with Crippen LogP contribution in [0.5, 0.6) is 0 Å². The lowest BCUT2D eigenvalue weighted by Crippen LogP contribution is -2.44. The van der Waals surface area contributed by atoms with Crippen LogP contribution in [0.4, 0.5) is 17.3 Å². The normalized spacial score (nSPS) is 18.1. The fourth-order valence-electron chi connectivity index (χ4n) is 4.48. The zero-order valence-corrected chi connectivity index (χ0v) is 18.3. The number of hydrogen-bond donors (Lipinski definition) is 1. The summed E-state index contributed by atoms with van der Waals surface area (Å²) in [5, 5.41) is 4.59. The molecule has 0 unspecified atom stereocenters. The molecule has 162 valence electrons. The van der Waals surface area contributed by atoms with Gasteiger partial charge in [-0.2, -0.15) is 4.98 Å². The van der Waals surface area contributed by atoms with Crippen molar-refractivity contribution >= 4 is 40.0 Å². The summed E-state index contributed by atoms with van der Waals surface area (Å²) >= 11 is 6.59. The quantitative estimate of drug-likeness (QED) is 0.666. The predicted octanol–water partition coefficient (Wildman–Crippen LogP) is 3.45. The number of hydrogen-bond acceptors (Lipinski definition) is 7. The van der Waals surface area contributed by atoms with Gasteiger partial charge in [0.1, 0.15) is 0 Å². The van der Waals surface area contributed by atoms with E-state index < -0.39 is 0 Å². The van der Waals surface area contributed by atoms with Gasteiger partial charge in [0.25, 0.3) is 0 Å². The number of nitrogens with zero attached hydrogens (tertiary/aromatic N) is 6. The number of benzene rings is 1. The second kappa shape index (κ2) is 8.43. The molecule has 1 saturated heterocycles. The van der Waals surface area contributed by atoms with Crippen LogP contribution < -0.4 is 15.9 Å². The minimum absolute atomic E-state index is 0.151. The molecule has 0 bridgehead atoms. The van der Waals surface area contributed by atoms with Crippen molar-refractivity contribution in [3.63, 3.8) is 0 Å². The number of fused-ring (bicyclic) bond motifs is 1. The summed E-state index contributed by atoms with van der Waals surface area (Å²) < 4.78 is 1.73. The Morgan fingerprint density at radius 2 is 1.81 bits per heavy atom. The third-order valence-corrected chi connectivity index (χ3v) is 6.61. The van der Waals surface area contributed by atoms with Crippen LogP contribution in [-0.2, 0) is 0 Å². The molecular weight excluding hydrogens is 414 g/mol. The number of piperazine rings is 1. The van der Waals surface area contributed by atoms with Gasteiger partial charge in [0, 0.05) is 50.3 Å². The molecule has 2 aromatic heterocycles. The molecule has 5 rings (SSSR count). The van der Waals surface area contributed by atoms with E-state index in [1.165, 1.54) is 0 Å². The highest BCUT2D eigenvalue weighted by Gasteiger charge is 2.21. The number of aromatic nitrogens is 4. The van der Waals surface area contributed by atoms with Crippen molar-refractivity contribution in [3.8, 4) is 0 Å². The minimum Gasteiger partial charge on any atom is -0.369 e. The zero-order valence-electron chi connectivity index (χ0n) is 17.6. The molecule has 1 N–H and O–H groups in total. The summed E-state index contributed by atoms with van der Waals surface area (Å²) in [7, 11) is 2.14. The second-order valence-corrected chi connectivity index (χ2v) is 8.81. The molecule has 1 aromatic carbocycles. The first kappa shape index (κ1) is 20.2. The van der Waals surface area contributed by atoms with Gasteiger partial charge in [-0.25, -0.2) is 14.8 Å². The lowest BCUT2D eigenvalue weighted by molar-refractivity contribution is 0.313. The molecule has 31 heavy (non-hydrogen) atoms. The van der Waals surface area contributed by atoms with Crippen LogP contribution in [0.2, 0.25) is 5.02 Å². The van der Waals surface area contributed by atoms with E-state index in [0.29, 0.717) is 16.6 Å². The smallest absolute Gasteiger partial charge is 0.349 e. The second-order valence-electron chi connectivity index (χ2n) is 8.40. The molecule has 2 aliphatic rings. The number of anilines is 3. The van der Waals surface area contributed by atoms with Gasteiger partial charge >= 0.3 is 5.69 Å². The van der Waals surface area contributed by atoms with Crippen molar-refractivity contribution in [1.29, 1.82) is 0 Å². The van der Waals surface area contributed by atoms with Gasteiger partial charge in [-0.05, 0) is 38.1 Å². The van der Waals surface area contributed by atoms with E-state index in [1.54, 1.807) is 17.0 Å². The fourth-order valence-corrected chi connectivity index (χ4v) is 4.70. The highest BCUT2D eigenvalue weighted by molar-refractivity contribution is 6.33. The number of nitrogens with one attached hydrogen (secondary N) is 1. The van der Waals surface area contributed by atoms with Crippen molar-refractivity contribution in [2.75, 3.05) is 43.4 Å². The van der Waals surface area contributed by atoms with Crippen LogP contribution in [0.25, 0.3) is 11.0 Å². The Morgan fingerprint density at radius 3 is 2.55 bits per heavy atom. The average Bonchev–Trinajstić information content (AvgIpc) is 3.30. The first-order chi connectivity index (χ1) is 15.1. The molecule has 0 atom stereocenters. The SMILES string of the molecule is CN1CCN(c2ccc(Nc3ncc4cnc(=O)n(C5CCCC5)c4n3)c(Cl)c2)CC1. The van der Waals surface area contributed by atoms with E-state index in [4.69, 9.17) is 11.6 Å². The summed E-state index contributed by atoms with van der Waals surface area (Å²) in [6, 6.07) is 6.16. The Balaban J connectivity index is 1.42. The number of halogens is 1. The van der Waals surface area contributed by atoms with Crippen LogP contribution in [0.1, 0.15) is 31.7 Å². The summed E-state index contributed by atoms with van der Waals surface area (Å²) in [5.74, 6) is 0.416. The van der Waals surface area contributed by atoms with Crippen LogP contribution >= 0.6 is 11.6 Å². The molecule has 8 nitrogen and oxygen atoms in total. The Kier molecular flexibility index (Phi) is 5.50. The topological polar surface area (TPSA) is 79.2 Å². The molecule has 0 spiro atoms. The van der Waals surface area contributed by atoms with Gasteiger partial charge in [0.2, 0.25) is 5.95 Å². The van der Waals surface area contributed by atoms with Gasteiger partial charge in [0.05, 0.1) is 16.1 Å². The Bertz CT molecular complexity index is 1150. The van der Waals surface area contributed by atoms with E-state index >= 15 is 0 Å². The molecule has 9 heteroatoms. The lowest BCUT2D eigenvalue weighted by Gasteiger charge is -2.34. The van der Waals surface area contributed by atoms with Gasteiger partial charge in [-0.15, -0.1) is 0 Å². The van der Waals surface area contributed by atoms with Gasteiger partial charge < -0.3 is 15.1 Å². The summed E-state index contributed by atoms with van der Waals surface area (Å²) in [4.78, 5) is 30.3. The van der Waals surface area contributed by atoms with Crippen LogP contribution in [0, 0.1) is 0 Å². The fraction of sp³-hybridized carbons (Fsp3) is 0.455. The first-order valence-corrected chi connectivity index (χ1v) is 11.2. The Labute approximate surface area is 185 Å². The molecule has 0 amide bonds. The van der Waals surface area contributed by atoms with E-state index in [0.717, 1.165) is 68.6 Å². The molecule has 2 fully saturated rings. The maximum Gasteiger partial charge on any atom is 0.349 e. The minimum atomic E-state index is -0.251. The van der Waals surface area contributed by atoms with Gasteiger partial charge in [-0.1, -0.05) is 24.4 Å². The highest BCUT2D eigenvalue weighted by atomic mass is 35.5. The third kappa shape index (κ3) is 4.09. The molecular formula is C22H26ClN7O. The summed E-state index contributed by atoms with van der Waals surface area (Å²) in [6.45, 7) is 4.06. The lowest BCUT2D eigenvalue weighted by atomic mass is 10.2. The van der Waals surface area contributed by atoms with Gasteiger partial charge in [-0.3, -0.25) is 4.57 Å². The Morgan fingerprint density at radius 1 is 1.06 bits per heavy atom. The van der Waals surface area contributed by atoms with Crippen LogP contribution in [0.3, 0.4) is 0 Å². The van der Waals surface area contributed by atoms with Crippen molar-refractivity contribution < 1.29 is 0 Å². The largest absolute Gasteiger partial charge is 0.369 e. The molecule has 0 radical (unpaired) electrons. The van der Waals surface area contributed by atoms with E-state index in [2.05, 4.69) is 43.2 Å². The number of likely N-dealkylation sites (N-methyl/N-ethyl adjacent to an activating group) is 1. The Hall–Kier alpha value is -2.71. The molecule has 1 aliphatic heterocycles. The predicted molar refractivity (Wildman–Crippen MR) is 124 cm³/mol. The molecule has 1 saturated carbocycles. The number of rotatable bonds is 4. The van der Waals surface area contributed by atoms with Crippen molar-refractivity contribution in [2.24, 2.45) is 0 Å². The maximum atomic E-state index is 12.5. The van der Waals surface area contributed by atoms with Gasteiger partial charge in [0.15, 0.2) is 5.65 Å². The van der Waals surface area contributed by atoms with Crippen LogP contribution in [0.15, 0.2) is 35.4 Å².